The van der Waals surface area contributed by atoms with Gasteiger partial charge in [0.25, 0.3) is 0 Å². The maximum Gasteiger partial charge on any atom is 0.418 e. The van der Waals surface area contributed by atoms with E-state index in [1.807, 2.05) is 0 Å². The van der Waals surface area contributed by atoms with Gasteiger partial charge in [-0.05, 0) is 42.0 Å². The van der Waals surface area contributed by atoms with Crippen LogP contribution in [0.2, 0.25) is 0 Å². The monoisotopic (exact) mass is 425 g/mol. The van der Waals surface area contributed by atoms with Crippen molar-refractivity contribution in [1.82, 2.24) is 0 Å². The molecule has 0 aliphatic rings. The van der Waals surface area contributed by atoms with Crippen molar-refractivity contribution in [1.29, 1.82) is 0 Å². The van der Waals surface area contributed by atoms with E-state index in [-0.39, 0.29) is 12.2 Å². The molecule has 0 unspecified atom stereocenters. The van der Waals surface area contributed by atoms with Crippen LogP contribution in [0, 0.1) is 5.82 Å². The SMILES string of the molecule is Fc1ccc(Br)c(CNc2cc(Br)ccc2C(F)(F)F)c1. The van der Waals surface area contributed by atoms with E-state index in [1.54, 1.807) is 0 Å². The molecule has 0 atom stereocenters. The van der Waals surface area contributed by atoms with Crippen LogP contribution in [0.5, 0.6) is 0 Å². The van der Waals surface area contributed by atoms with Gasteiger partial charge in [0.15, 0.2) is 0 Å². The normalized spacial score (nSPS) is 11.5. The minimum atomic E-state index is -4.46. The fourth-order valence-corrected chi connectivity index (χ4v) is 2.53. The lowest BCUT2D eigenvalue weighted by Crippen LogP contribution is -2.11. The van der Waals surface area contributed by atoms with E-state index in [4.69, 9.17) is 0 Å². The summed E-state index contributed by atoms with van der Waals surface area (Å²) in [5.74, 6) is -0.444. The van der Waals surface area contributed by atoms with Crippen molar-refractivity contribution in [2.24, 2.45) is 0 Å². The van der Waals surface area contributed by atoms with Crippen LogP contribution in [0.25, 0.3) is 0 Å². The summed E-state index contributed by atoms with van der Waals surface area (Å²) in [7, 11) is 0. The Kier molecular flexibility index (Phi) is 4.93. The second-order valence-corrected chi connectivity index (χ2v) is 6.05. The Balaban J connectivity index is 2.27. The van der Waals surface area contributed by atoms with E-state index >= 15 is 0 Å². The van der Waals surface area contributed by atoms with Crippen LogP contribution < -0.4 is 5.32 Å². The van der Waals surface area contributed by atoms with Crippen molar-refractivity contribution in [2.75, 3.05) is 5.32 Å². The van der Waals surface area contributed by atoms with E-state index in [2.05, 4.69) is 37.2 Å². The summed E-state index contributed by atoms with van der Waals surface area (Å²) < 4.78 is 53.1. The van der Waals surface area contributed by atoms with Gasteiger partial charge in [0.05, 0.1) is 5.56 Å². The maximum atomic E-state index is 13.2. The van der Waals surface area contributed by atoms with E-state index in [0.717, 1.165) is 6.07 Å². The van der Waals surface area contributed by atoms with Crippen molar-refractivity contribution in [2.45, 2.75) is 12.7 Å². The molecule has 0 saturated heterocycles. The molecule has 112 valence electrons. The Bertz CT molecular complexity index is 656. The molecule has 1 N–H and O–H groups in total. The van der Waals surface area contributed by atoms with Gasteiger partial charge < -0.3 is 5.32 Å². The predicted molar refractivity (Wildman–Crippen MR) is 80.6 cm³/mol. The topological polar surface area (TPSA) is 12.0 Å². The molecule has 0 fully saturated rings. The second kappa shape index (κ2) is 6.36. The fraction of sp³-hybridized carbons (Fsp3) is 0.143. The molecule has 0 aliphatic heterocycles. The molecule has 0 aromatic heterocycles. The van der Waals surface area contributed by atoms with Crippen LogP contribution in [0.4, 0.5) is 23.2 Å². The number of rotatable bonds is 3. The summed E-state index contributed by atoms with van der Waals surface area (Å²) >= 11 is 6.38. The number of hydrogen-bond acceptors (Lipinski definition) is 1. The van der Waals surface area contributed by atoms with Crippen molar-refractivity contribution in [3.8, 4) is 0 Å². The van der Waals surface area contributed by atoms with Gasteiger partial charge >= 0.3 is 6.18 Å². The van der Waals surface area contributed by atoms with Gasteiger partial charge in [-0.15, -0.1) is 0 Å². The number of benzene rings is 2. The van der Waals surface area contributed by atoms with Crippen LogP contribution in [-0.2, 0) is 12.7 Å². The minimum absolute atomic E-state index is 0.0620. The molecular weight excluding hydrogens is 418 g/mol. The first-order valence-corrected chi connectivity index (χ1v) is 7.40. The predicted octanol–water partition coefficient (Wildman–Crippen LogP) is 5.98. The van der Waals surface area contributed by atoms with E-state index in [0.29, 0.717) is 14.5 Å². The van der Waals surface area contributed by atoms with Crippen LogP contribution in [0.3, 0.4) is 0 Å². The maximum absolute atomic E-state index is 13.2. The molecular formula is C14H9Br2F4N. The number of nitrogens with one attached hydrogen (secondary N) is 1. The van der Waals surface area contributed by atoms with Gasteiger partial charge in [-0.3, -0.25) is 0 Å². The van der Waals surface area contributed by atoms with E-state index in [9.17, 15) is 17.6 Å². The van der Waals surface area contributed by atoms with Crippen LogP contribution in [0.1, 0.15) is 11.1 Å². The smallest absolute Gasteiger partial charge is 0.380 e. The lowest BCUT2D eigenvalue weighted by Gasteiger charge is -2.15. The average molecular weight is 427 g/mol. The summed E-state index contributed by atoms with van der Waals surface area (Å²) in [5, 5.41) is 2.70. The van der Waals surface area contributed by atoms with Gasteiger partial charge in [0.1, 0.15) is 5.82 Å². The Morgan fingerprint density at radius 3 is 2.38 bits per heavy atom. The van der Waals surface area contributed by atoms with Crippen LogP contribution in [-0.4, -0.2) is 0 Å². The molecule has 2 aromatic carbocycles. The van der Waals surface area contributed by atoms with Crippen LogP contribution in [0.15, 0.2) is 45.3 Å². The summed E-state index contributed by atoms with van der Waals surface area (Å²) in [4.78, 5) is 0. The molecule has 0 aliphatic carbocycles. The Labute approximate surface area is 135 Å². The van der Waals surface area contributed by atoms with Crippen LogP contribution >= 0.6 is 31.9 Å². The van der Waals surface area contributed by atoms with Crippen molar-refractivity contribution in [3.05, 3.63) is 62.3 Å². The molecule has 0 saturated carbocycles. The number of hydrogen-bond donors (Lipinski definition) is 1. The highest BCUT2D eigenvalue weighted by molar-refractivity contribution is 9.10. The third kappa shape index (κ3) is 4.20. The third-order valence-corrected chi connectivity index (χ3v) is 4.03. The Hall–Kier alpha value is -1.08. The van der Waals surface area contributed by atoms with E-state index in [1.165, 1.54) is 30.3 Å². The zero-order valence-corrected chi connectivity index (χ0v) is 13.6. The molecule has 0 spiro atoms. The van der Waals surface area contributed by atoms with Gasteiger partial charge in [-0.1, -0.05) is 31.9 Å². The molecule has 7 heteroatoms. The van der Waals surface area contributed by atoms with Crippen molar-refractivity contribution < 1.29 is 17.6 Å². The highest BCUT2D eigenvalue weighted by Gasteiger charge is 2.33. The molecule has 0 bridgehead atoms. The zero-order chi connectivity index (χ0) is 15.6. The number of alkyl halides is 3. The molecule has 1 nitrogen and oxygen atoms in total. The summed E-state index contributed by atoms with van der Waals surface area (Å²) in [6.07, 6.45) is -4.46. The Morgan fingerprint density at radius 1 is 1.00 bits per heavy atom. The zero-order valence-electron chi connectivity index (χ0n) is 10.4. The van der Waals surface area contributed by atoms with Gasteiger partial charge in [0, 0.05) is 21.2 Å². The largest absolute Gasteiger partial charge is 0.418 e. The molecule has 2 aromatic rings. The number of halogens is 6. The lowest BCUT2D eigenvalue weighted by molar-refractivity contribution is -0.137. The fourth-order valence-electron chi connectivity index (χ4n) is 1.78. The first kappa shape index (κ1) is 16.3. The van der Waals surface area contributed by atoms with Gasteiger partial charge in [-0.2, -0.15) is 13.2 Å². The van der Waals surface area contributed by atoms with Gasteiger partial charge in [-0.25, -0.2) is 4.39 Å². The second-order valence-electron chi connectivity index (χ2n) is 4.28. The summed E-state index contributed by atoms with van der Waals surface area (Å²) in [5.41, 5.74) is -0.297. The first-order valence-electron chi connectivity index (χ1n) is 5.82. The van der Waals surface area contributed by atoms with E-state index < -0.39 is 17.6 Å². The third-order valence-electron chi connectivity index (χ3n) is 2.76. The first-order chi connectivity index (χ1) is 9.77. The molecule has 2 rings (SSSR count). The molecule has 0 amide bonds. The number of anilines is 1. The molecule has 0 radical (unpaired) electrons. The molecule has 21 heavy (non-hydrogen) atoms. The highest BCUT2D eigenvalue weighted by Crippen LogP contribution is 2.36. The summed E-state index contributed by atoms with van der Waals surface area (Å²) in [6, 6.07) is 7.71. The standard InChI is InChI=1S/C14H9Br2F4N/c15-9-1-3-11(14(18,19)20)13(6-9)21-7-8-5-10(17)2-4-12(8)16/h1-6,21H,7H2. The van der Waals surface area contributed by atoms with Gasteiger partial charge in [0.2, 0.25) is 0 Å². The lowest BCUT2D eigenvalue weighted by atomic mass is 10.1. The van der Waals surface area contributed by atoms with Crippen molar-refractivity contribution >= 4 is 37.5 Å². The quantitative estimate of drug-likeness (QED) is 0.595. The highest BCUT2D eigenvalue weighted by atomic mass is 79.9. The average Bonchev–Trinajstić information content (AvgIpc) is 2.38. The van der Waals surface area contributed by atoms with Crippen molar-refractivity contribution in [3.63, 3.8) is 0 Å². The molecule has 0 heterocycles. The summed E-state index contributed by atoms with van der Waals surface area (Å²) in [6.45, 7) is 0.0673. The Morgan fingerprint density at radius 2 is 1.71 bits per heavy atom. The minimum Gasteiger partial charge on any atom is -0.380 e.